The Labute approximate surface area is 94.8 Å². The lowest BCUT2D eigenvalue weighted by Crippen LogP contribution is -2.29. The molecule has 0 unspecified atom stereocenters. The number of benzene rings is 1. The Morgan fingerprint density at radius 3 is 2.62 bits per heavy atom. The Morgan fingerprint density at radius 2 is 1.88 bits per heavy atom. The van der Waals surface area contributed by atoms with Crippen LogP contribution in [-0.2, 0) is 9.59 Å². The summed E-state index contributed by atoms with van der Waals surface area (Å²) in [4.78, 5) is 28.2. The SMILES string of the molecule is O=C1C=CC(=O)N1c1ccc2scnc2c1. The summed E-state index contributed by atoms with van der Waals surface area (Å²) in [7, 11) is 0. The van der Waals surface area contributed by atoms with Gasteiger partial charge in [-0.1, -0.05) is 0 Å². The number of hydrogen-bond acceptors (Lipinski definition) is 4. The lowest BCUT2D eigenvalue weighted by atomic mass is 10.2. The molecule has 0 spiro atoms. The van der Waals surface area contributed by atoms with Crippen LogP contribution in [0.15, 0.2) is 35.9 Å². The van der Waals surface area contributed by atoms with Crippen molar-refractivity contribution >= 4 is 39.1 Å². The Kier molecular flexibility index (Phi) is 1.87. The zero-order valence-electron chi connectivity index (χ0n) is 8.08. The molecule has 2 aromatic rings. The van der Waals surface area contributed by atoms with E-state index in [0.717, 1.165) is 15.1 Å². The van der Waals surface area contributed by atoms with Gasteiger partial charge in [0.1, 0.15) is 0 Å². The normalized spacial score (nSPS) is 15.4. The van der Waals surface area contributed by atoms with Crippen molar-refractivity contribution in [2.24, 2.45) is 0 Å². The Balaban J connectivity index is 2.12. The van der Waals surface area contributed by atoms with Crippen LogP contribution in [0.4, 0.5) is 5.69 Å². The van der Waals surface area contributed by atoms with E-state index in [1.807, 2.05) is 6.07 Å². The molecule has 2 amide bonds. The molecule has 16 heavy (non-hydrogen) atoms. The highest BCUT2D eigenvalue weighted by Gasteiger charge is 2.25. The summed E-state index contributed by atoms with van der Waals surface area (Å²) in [6.07, 6.45) is 2.54. The second-order valence-corrected chi connectivity index (χ2v) is 4.24. The largest absolute Gasteiger partial charge is 0.269 e. The Bertz CT molecular complexity index is 612. The summed E-state index contributed by atoms with van der Waals surface area (Å²) in [6, 6.07) is 5.36. The zero-order valence-corrected chi connectivity index (χ0v) is 8.90. The summed E-state index contributed by atoms with van der Waals surface area (Å²) < 4.78 is 1.04. The van der Waals surface area contributed by atoms with Crippen LogP contribution in [0, 0.1) is 0 Å². The quantitative estimate of drug-likeness (QED) is 0.701. The van der Waals surface area contributed by atoms with Crippen LogP contribution >= 0.6 is 11.3 Å². The summed E-state index contributed by atoms with van der Waals surface area (Å²) in [6.45, 7) is 0. The monoisotopic (exact) mass is 230 g/mol. The minimum absolute atomic E-state index is 0.306. The van der Waals surface area contributed by atoms with Crippen LogP contribution in [0.3, 0.4) is 0 Å². The summed E-state index contributed by atoms with van der Waals surface area (Å²) in [5.41, 5.74) is 3.11. The average Bonchev–Trinajstić information content (AvgIpc) is 2.85. The molecule has 1 aliphatic rings. The third-order valence-corrected chi connectivity index (χ3v) is 3.19. The van der Waals surface area contributed by atoms with E-state index >= 15 is 0 Å². The summed E-state index contributed by atoms with van der Waals surface area (Å²) in [5.74, 6) is -0.612. The first kappa shape index (κ1) is 9.23. The number of amides is 2. The van der Waals surface area contributed by atoms with Gasteiger partial charge in [-0.15, -0.1) is 11.3 Å². The number of imide groups is 1. The predicted molar refractivity (Wildman–Crippen MR) is 61.3 cm³/mol. The van der Waals surface area contributed by atoms with Gasteiger partial charge in [-0.25, -0.2) is 9.88 Å². The molecule has 0 atom stereocenters. The van der Waals surface area contributed by atoms with E-state index in [4.69, 9.17) is 0 Å². The lowest BCUT2D eigenvalue weighted by molar-refractivity contribution is -0.119. The molecular weight excluding hydrogens is 224 g/mol. The maximum atomic E-state index is 11.5. The van der Waals surface area contributed by atoms with Crippen molar-refractivity contribution in [3.05, 3.63) is 35.9 Å². The number of rotatable bonds is 1. The van der Waals surface area contributed by atoms with Crippen molar-refractivity contribution in [3.63, 3.8) is 0 Å². The molecule has 3 rings (SSSR count). The van der Waals surface area contributed by atoms with Gasteiger partial charge in [0.15, 0.2) is 0 Å². The van der Waals surface area contributed by atoms with E-state index in [-0.39, 0.29) is 11.8 Å². The number of carbonyl (C=O) groups is 2. The van der Waals surface area contributed by atoms with E-state index in [9.17, 15) is 9.59 Å². The van der Waals surface area contributed by atoms with Gasteiger partial charge in [0.2, 0.25) is 0 Å². The van der Waals surface area contributed by atoms with E-state index in [1.165, 1.54) is 23.5 Å². The Hall–Kier alpha value is -2.01. The maximum absolute atomic E-state index is 11.5. The van der Waals surface area contributed by atoms with Crippen molar-refractivity contribution in [3.8, 4) is 0 Å². The second kappa shape index (κ2) is 3.24. The number of hydrogen-bond donors (Lipinski definition) is 0. The van der Waals surface area contributed by atoms with E-state index in [2.05, 4.69) is 4.98 Å². The predicted octanol–water partition coefficient (Wildman–Crippen LogP) is 1.73. The van der Waals surface area contributed by atoms with Gasteiger partial charge in [-0.2, -0.15) is 0 Å². The number of aromatic nitrogens is 1. The number of anilines is 1. The first-order chi connectivity index (χ1) is 7.75. The van der Waals surface area contributed by atoms with Gasteiger partial charge >= 0.3 is 0 Å². The van der Waals surface area contributed by atoms with Crippen LogP contribution in [0.1, 0.15) is 0 Å². The summed E-state index contributed by atoms with van der Waals surface area (Å²) >= 11 is 1.53. The molecular formula is C11H6N2O2S. The highest BCUT2D eigenvalue weighted by atomic mass is 32.1. The first-order valence-corrected chi connectivity index (χ1v) is 5.53. The molecule has 1 aromatic carbocycles. The van der Waals surface area contributed by atoms with E-state index < -0.39 is 0 Å². The number of carbonyl (C=O) groups excluding carboxylic acids is 2. The molecule has 4 nitrogen and oxygen atoms in total. The molecule has 0 fully saturated rings. The first-order valence-electron chi connectivity index (χ1n) is 4.65. The molecule has 0 bridgehead atoms. The highest BCUT2D eigenvalue weighted by molar-refractivity contribution is 7.16. The fourth-order valence-electron chi connectivity index (χ4n) is 1.64. The van der Waals surface area contributed by atoms with Gasteiger partial charge in [0.25, 0.3) is 11.8 Å². The molecule has 0 N–H and O–H groups in total. The van der Waals surface area contributed by atoms with E-state index in [1.54, 1.807) is 17.6 Å². The van der Waals surface area contributed by atoms with Gasteiger partial charge in [0, 0.05) is 12.2 Å². The molecule has 0 radical (unpaired) electrons. The average molecular weight is 230 g/mol. The minimum Gasteiger partial charge on any atom is -0.269 e. The third kappa shape index (κ3) is 1.25. The molecule has 0 aliphatic carbocycles. The van der Waals surface area contributed by atoms with Crippen LogP contribution in [0.2, 0.25) is 0 Å². The molecule has 0 saturated heterocycles. The maximum Gasteiger partial charge on any atom is 0.258 e. The van der Waals surface area contributed by atoms with Crippen molar-refractivity contribution < 1.29 is 9.59 Å². The van der Waals surface area contributed by atoms with Crippen LogP contribution in [0.5, 0.6) is 0 Å². The topological polar surface area (TPSA) is 50.3 Å². The summed E-state index contributed by atoms with van der Waals surface area (Å²) in [5, 5.41) is 0. The van der Waals surface area contributed by atoms with E-state index in [0.29, 0.717) is 5.69 Å². The standard InChI is InChI=1S/C11H6N2O2S/c14-10-3-4-11(15)13(10)7-1-2-9-8(5-7)12-6-16-9/h1-6H. The molecule has 1 aromatic heterocycles. The van der Waals surface area contributed by atoms with Gasteiger partial charge in [-0.05, 0) is 18.2 Å². The molecule has 78 valence electrons. The van der Waals surface area contributed by atoms with Gasteiger partial charge in [-0.3, -0.25) is 9.59 Å². The zero-order chi connectivity index (χ0) is 11.1. The van der Waals surface area contributed by atoms with Gasteiger partial charge in [0.05, 0.1) is 21.4 Å². The molecule has 5 heteroatoms. The van der Waals surface area contributed by atoms with Crippen molar-refractivity contribution in [2.45, 2.75) is 0 Å². The lowest BCUT2D eigenvalue weighted by Gasteiger charge is -2.13. The number of nitrogens with zero attached hydrogens (tertiary/aromatic N) is 2. The fraction of sp³-hybridized carbons (Fsp3) is 0. The van der Waals surface area contributed by atoms with Crippen molar-refractivity contribution in [1.82, 2.24) is 4.98 Å². The third-order valence-electron chi connectivity index (χ3n) is 2.38. The Morgan fingerprint density at radius 1 is 1.12 bits per heavy atom. The molecule has 2 heterocycles. The van der Waals surface area contributed by atoms with Crippen LogP contribution < -0.4 is 4.90 Å². The van der Waals surface area contributed by atoms with Crippen LogP contribution in [-0.4, -0.2) is 16.8 Å². The smallest absolute Gasteiger partial charge is 0.258 e. The minimum atomic E-state index is -0.306. The number of fused-ring (bicyclic) bond motifs is 1. The number of thiazole rings is 1. The van der Waals surface area contributed by atoms with Crippen molar-refractivity contribution in [2.75, 3.05) is 4.90 Å². The molecule has 0 saturated carbocycles. The van der Waals surface area contributed by atoms with Crippen LogP contribution in [0.25, 0.3) is 10.2 Å². The fourth-order valence-corrected chi connectivity index (χ4v) is 2.30. The van der Waals surface area contributed by atoms with Crippen molar-refractivity contribution in [1.29, 1.82) is 0 Å². The second-order valence-electron chi connectivity index (χ2n) is 3.35. The highest BCUT2D eigenvalue weighted by Crippen LogP contribution is 2.25. The molecule has 1 aliphatic heterocycles. The van der Waals surface area contributed by atoms with Gasteiger partial charge < -0.3 is 0 Å².